The molecule has 0 radical (unpaired) electrons. The Bertz CT molecular complexity index is 861. The highest BCUT2D eigenvalue weighted by Crippen LogP contribution is 2.34. The molecule has 0 N–H and O–H groups in total. The summed E-state index contributed by atoms with van der Waals surface area (Å²) in [5.74, 6) is 0.485. The Morgan fingerprint density at radius 3 is 2.81 bits per heavy atom. The topological polar surface area (TPSA) is 48.4 Å². The molecule has 0 aliphatic carbocycles. The van der Waals surface area contributed by atoms with E-state index in [9.17, 15) is 4.79 Å². The van der Waals surface area contributed by atoms with Crippen LogP contribution in [0.3, 0.4) is 0 Å². The summed E-state index contributed by atoms with van der Waals surface area (Å²) in [6, 6.07) is 13.8. The summed E-state index contributed by atoms with van der Waals surface area (Å²) in [4.78, 5) is 15.9. The second kappa shape index (κ2) is 9.01. The van der Waals surface area contributed by atoms with E-state index in [0.29, 0.717) is 30.4 Å². The normalized spacial score (nSPS) is 10.8. The minimum absolute atomic E-state index is 0.161. The number of hydrogen-bond donors (Lipinski definition) is 0. The molecule has 6 heteroatoms. The van der Waals surface area contributed by atoms with Crippen LogP contribution in [0.5, 0.6) is 5.75 Å². The van der Waals surface area contributed by atoms with Crippen molar-refractivity contribution in [3.8, 4) is 16.3 Å². The number of thiazole rings is 1. The lowest BCUT2D eigenvalue weighted by molar-refractivity contribution is -0.143. The molecule has 4 nitrogen and oxygen atoms in total. The average Bonchev–Trinajstić information content (AvgIpc) is 3.07. The Hall–Kier alpha value is -2.11. The van der Waals surface area contributed by atoms with Crippen LogP contribution in [-0.2, 0) is 9.53 Å². The molecule has 1 heterocycles. The van der Waals surface area contributed by atoms with Crippen molar-refractivity contribution < 1.29 is 14.3 Å². The monoisotopic (exact) mass is 389 g/mol. The van der Waals surface area contributed by atoms with Crippen molar-refractivity contribution in [3.05, 3.63) is 47.5 Å². The zero-order valence-corrected chi connectivity index (χ0v) is 16.1. The number of benzene rings is 2. The van der Waals surface area contributed by atoms with Gasteiger partial charge in [0.05, 0.1) is 28.5 Å². The third-order valence-corrected chi connectivity index (χ3v) is 5.19. The lowest BCUT2D eigenvalue weighted by Gasteiger charge is -2.09. The Labute approximate surface area is 161 Å². The molecule has 0 spiro atoms. The number of unbranched alkanes of at least 4 members (excludes halogenated alkanes) is 1. The molecule has 1 aromatic heterocycles. The molecule has 0 bridgehead atoms. The molecule has 0 saturated carbocycles. The number of carbonyl (C=O) groups excluding carboxylic acids is 1. The van der Waals surface area contributed by atoms with Crippen molar-refractivity contribution in [1.82, 2.24) is 4.98 Å². The van der Waals surface area contributed by atoms with Gasteiger partial charge in [-0.2, -0.15) is 0 Å². The highest BCUT2D eigenvalue weighted by molar-refractivity contribution is 7.21. The van der Waals surface area contributed by atoms with Gasteiger partial charge in [-0.1, -0.05) is 23.7 Å². The number of halogens is 1. The lowest BCUT2D eigenvalue weighted by atomic mass is 10.2. The van der Waals surface area contributed by atoms with Crippen LogP contribution in [0.2, 0.25) is 5.02 Å². The molecule has 0 aliphatic rings. The summed E-state index contributed by atoms with van der Waals surface area (Å²) in [5, 5.41) is 1.50. The molecule has 0 fully saturated rings. The van der Waals surface area contributed by atoms with Gasteiger partial charge in [-0.3, -0.25) is 4.79 Å². The van der Waals surface area contributed by atoms with Crippen LogP contribution < -0.4 is 4.74 Å². The molecule has 0 unspecified atom stereocenters. The highest BCUT2D eigenvalue weighted by Gasteiger charge is 2.09. The first kappa shape index (κ1) is 18.7. The fraction of sp³-hybridized carbons (Fsp3) is 0.300. The van der Waals surface area contributed by atoms with E-state index in [1.807, 2.05) is 36.4 Å². The third-order valence-electron chi connectivity index (χ3n) is 3.81. The fourth-order valence-corrected chi connectivity index (χ4v) is 3.73. The number of fused-ring (bicyclic) bond motifs is 1. The van der Waals surface area contributed by atoms with E-state index in [-0.39, 0.29) is 5.97 Å². The number of esters is 1. The van der Waals surface area contributed by atoms with E-state index in [1.165, 1.54) is 0 Å². The van der Waals surface area contributed by atoms with E-state index in [0.717, 1.165) is 33.6 Å². The molecule has 2 aromatic carbocycles. The summed E-state index contributed by atoms with van der Waals surface area (Å²) in [5.41, 5.74) is 1.97. The minimum atomic E-state index is -0.161. The fourth-order valence-electron chi connectivity index (χ4n) is 2.53. The first-order chi connectivity index (χ1) is 12.7. The van der Waals surface area contributed by atoms with Gasteiger partial charge in [-0.05, 0) is 50.1 Å². The smallest absolute Gasteiger partial charge is 0.305 e. The summed E-state index contributed by atoms with van der Waals surface area (Å²) >= 11 is 8.00. The van der Waals surface area contributed by atoms with Crippen LogP contribution in [0.25, 0.3) is 20.8 Å². The largest absolute Gasteiger partial charge is 0.492 e. The Morgan fingerprint density at radius 1 is 1.19 bits per heavy atom. The van der Waals surface area contributed by atoms with Gasteiger partial charge in [-0.25, -0.2) is 4.98 Å². The Kier molecular flexibility index (Phi) is 6.47. The number of ether oxygens (including phenoxy) is 2. The van der Waals surface area contributed by atoms with Gasteiger partial charge in [0.1, 0.15) is 10.8 Å². The standard InChI is InChI=1S/C20H20ClNO3S/c1-2-24-19(23)9-5-6-12-25-17-11-10-14(13-15(17)21)20-22-16-7-3-4-8-18(16)26-20/h3-4,7-8,10-11,13H,2,5-6,9,12H2,1H3. The van der Waals surface area contributed by atoms with Crippen molar-refractivity contribution in [2.24, 2.45) is 0 Å². The first-order valence-corrected chi connectivity index (χ1v) is 9.80. The van der Waals surface area contributed by atoms with E-state index in [2.05, 4.69) is 11.1 Å². The van der Waals surface area contributed by atoms with Gasteiger partial charge >= 0.3 is 5.97 Å². The number of aromatic nitrogens is 1. The molecule has 136 valence electrons. The minimum Gasteiger partial charge on any atom is -0.492 e. The van der Waals surface area contributed by atoms with Crippen LogP contribution in [0.15, 0.2) is 42.5 Å². The van der Waals surface area contributed by atoms with E-state index in [1.54, 1.807) is 18.3 Å². The third kappa shape index (κ3) is 4.74. The van der Waals surface area contributed by atoms with Gasteiger partial charge < -0.3 is 9.47 Å². The van der Waals surface area contributed by atoms with Crippen LogP contribution >= 0.6 is 22.9 Å². The molecule has 0 aliphatic heterocycles. The van der Waals surface area contributed by atoms with E-state index in [4.69, 9.17) is 21.1 Å². The van der Waals surface area contributed by atoms with Gasteiger partial charge in [-0.15, -0.1) is 11.3 Å². The Morgan fingerprint density at radius 2 is 2.04 bits per heavy atom. The van der Waals surface area contributed by atoms with Crippen LogP contribution in [-0.4, -0.2) is 24.2 Å². The zero-order valence-electron chi connectivity index (χ0n) is 14.5. The van der Waals surface area contributed by atoms with Crippen molar-refractivity contribution in [2.45, 2.75) is 26.2 Å². The van der Waals surface area contributed by atoms with Gasteiger partial charge in [0, 0.05) is 12.0 Å². The number of rotatable bonds is 8. The average molecular weight is 390 g/mol. The zero-order chi connectivity index (χ0) is 18.4. The second-order valence-electron chi connectivity index (χ2n) is 5.74. The molecule has 0 saturated heterocycles. The molecular weight excluding hydrogens is 370 g/mol. The maximum atomic E-state index is 11.3. The van der Waals surface area contributed by atoms with E-state index >= 15 is 0 Å². The second-order valence-corrected chi connectivity index (χ2v) is 7.18. The van der Waals surface area contributed by atoms with Crippen LogP contribution in [0, 0.1) is 0 Å². The van der Waals surface area contributed by atoms with Gasteiger partial charge in [0.25, 0.3) is 0 Å². The maximum Gasteiger partial charge on any atom is 0.305 e. The summed E-state index contributed by atoms with van der Waals surface area (Å²) < 4.78 is 11.8. The van der Waals surface area contributed by atoms with Crippen molar-refractivity contribution in [3.63, 3.8) is 0 Å². The van der Waals surface area contributed by atoms with Crippen LogP contribution in [0.4, 0.5) is 0 Å². The summed E-state index contributed by atoms with van der Waals surface area (Å²) in [7, 11) is 0. The maximum absolute atomic E-state index is 11.3. The van der Waals surface area contributed by atoms with Crippen molar-refractivity contribution in [1.29, 1.82) is 0 Å². The van der Waals surface area contributed by atoms with Crippen LogP contribution in [0.1, 0.15) is 26.2 Å². The molecule has 3 rings (SSSR count). The van der Waals surface area contributed by atoms with Crippen molar-refractivity contribution in [2.75, 3.05) is 13.2 Å². The number of para-hydroxylation sites is 1. The first-order valence-electron chi connectivity index (χ1n) is 8.61. The molecular formula is C20H20ClNO3S. The van der Waals surface area contributed by atoms with Gasteiger partial charge in [0.15, 0.2) is 0 Å². The predicted molar refractivity (Wildman–Crippen MR) is 106 cm³/mol. The number of nitrogens with zero attached hydrogens (tertiary/aromatic N) is 1. The number of hydrogen-bond acceptors (Lipinski definition) is 5. The Balaban J connectivity index is 1.56. The summed E-state index contributed by atoms with van der Waals surface area (Å²) in [6.07, 6.45) is 1.93. The van der Waals surface area contributed by atoms with Gasteiger partial charge in [0.2, 0.25) is 0 Å². The van der Waals surface area contributed by atoms with Crippen molar-refractivity contribution >= 4 is 39.1 Å². The molecule has 3 aromatic rings. The van der Waals surface area contributed by atoms with E-state index < -0.39 is 0 Å². The lowest BCUT2D eigenvalue weighted by Crippen LogP contribution is -2.05. The number of carbonyl (C=O) groups is 1. The summed E-state index contributed by atoms with van der Waals surface area (Å²) in [6.45, 7) is 2.74. The molecule has 26 heavy (non-hydrogen) atoms. The highest BCUT2D eigenvalue weighted by atomic mass is 35.5. The quantitative estimate of drug-likeness (QED) is 0.364. The SMILES string of the molecule is CCOC(=O)CCCCOc1ccc(-c2nc3ccccc3s2)cc1Cl. The molecule has 0 amide bonds. The predicted octanol–water partition coefficient (Wildman–Crippen LogP) is 5.73. The molecule has 0 atom stereocenters.